The van der Waals surface area contributed by atoms with Gasteiger partial charge >= 0.3 is 0 Å². The van der Waals surface area contributed by atoms with Gasteiger partial charge in [0.2, 0.25) is 0 Å². The number of nitrogen functional groups attached to an aromatic ring is 1. The van der Waals surface area contributed by atoms with Crippen LogP contribution in [0.5, 0.6) is 0 Å². The molecule has 0 unspecified atom stereocenters. The van der Waals surface area contributed by atoms with Crippen LogP contribution >= 0.6 is 34.8 Å². The van der Waals surface area contributed by atoms with Gasteiger partial charge in [-0.25, -0.2) is 4.98 Å². The van der Waals surface area contributed by atoms with E-state index in [2.05, 4.69) is 9.97 Å². The van der Waals surface area contributed by atoms with E-state index in [1.54, 1.807) is 24.3 Å². The monoisotopic (exact) mass is 311 g/mol. The summed E-state index contributed by atoms with van der Waals surface area (Å²) in [5.41, 5.74) is 8.82. The van der Waals surface area contributed by atoms with Crippen molar-refractivity contribution in [1.82, 2.24) is 9.97 Å². The third kappa shape index (κ3) is 2.25. The molecule has 0 atom stereocenters. The van der Waals surface area contributed by atoms with E-state index < -0.39 is 0 Å². The number of anilines is 1. The zero-order valence-corrected chi connectivity index (χ0v) is 11.8. The maximum absolute atomic E-state index is 5.97. The van der Waals surface area contributed by atoms with Crippen LogP contribution in [0.3, 0.4) is 0 Å². The number of imidazole rings is 1. The molecule has 2 aromatic carbocycles. The molecule has 6 heteroatoms. The number of fused-ring (bicyclic) bond motifs is 1. The molecule has 0 fully saturated rings. The number of halogens is 3. The largest absolute Gasteiger partial charge is 0.398 e. The third-order valence-corrected chi connectivity index (χ3v) is 3.75. The quantitative estimate of drug-likeness (QED) is 0.636. The molecular formula is C13H8Cl3N3. The molecule has 0 saturated carbocycles. The molecule has 1 heterocycles. The molecule has 0 radical (unpaired) electrons. The number of H-pyrrole nitrogens is 1. The van der Waals surface area contributed by atoms with E-state index >= 15 is 0 Å². The molecule has 0 spiro atoms. The molecule has 3 N–H and O–H groups in total. The van der Waals surface area contributed by atoms with Crippen LogP contribution in [0.1, 0.15) is 0 Å². The van der Waals surface area contributed by atoms with Gasteiger partial charge < -0.3 is 10.7 Å². The Morgan fingerprint density at radius 2 is 1.74 bits per heavy atom. The Balaban J connectivity index is 2.20. The predicted molar refractivity (Wildman–Crippen MR) is 81.0 cm³/mol. The Morgan fingerprint density at radius 1 is 1.00 bits per heavy atom. The molecule has 0 aliphatic heterocycles. The van der Waals surface area contributed by atoms with Crippen molar-refractivity contribution in [2.75, 3.05) is 5.73 Å². The van der Waals surface area contributed by atoms with E-state index in [9.17, 15) is 0 Å². The zero-order valence-electron chi connectivity index (χ0n) is 9.55. The van der Waals surface area contributed by atoms with Gasteiger partial charge in [-0.05, 0) is 30.3 Å². The molecule has 3 rings (SSSR count). The second-order valence-corrected chi connectivity index (χ2v) is 5.35. The minimum atomic E-state index is 0.469. The van der Waals surface area contributed by atoms with Gasteiger partial charge in [0.05, 0.1) is 21.1 Å². The van der Waals surface area contributed by atoms with Crippen molar-refractivity contribution in [1.29, 1.82) is 0 Å². The van der Waals surface area contributed by atoms with Crippen LogP contribution in [0.25, 0.3) is 22.4 Å². The minimum absolute atomic E-state index is 0.469. The molecule has 96 valence electrons. The first kappa shape index (κ1) is 12.6. The molecule has 19 heavy (non-hydrogen) atoms. The van der Waals surface area contributed by atoms with E-state index in [0.29, 0.717) is 26.6 Å². The molecule has 3 aromatic rings. The van der Waals surface area contributed by atoms with Crippen molar-refractivity contribution in [3.8, 4) is 11.4 Å². The summed E-state index contributed by atoms with van der Waals surface area (Å²) in [4.78, 5) is 7.62. The number of rotatable bonds is 1. The number of nitrogens with one attached hydrogen (secondary N) is 1. The van der Waals surface area contributed by atoms with Crippen molar-refractivity contribution in [2.45, 2.75) is 0 Å². The number of benzene rings is 2. The van der Waals surface area contributed by atoms with Crippen molar-refractivity contribution >= 4 is 51.5 Å². The van der Waals surface area contributed by atoms with Crippen LogP contribution in [0, 0.1) is 0 Å². The second-order valence-electron chi connectivity index (χ2n) is 4.10. The lowest BCUT2D eigenvalue weighted by molar-refractivity contribution is 1.34. The highest BCUT2D eigenvalue weighted by atomic mass is 35.5. The lowest BCUT2D eigenvalue weighted by Crippen LogP contribution is -1.90. The maximum atomic E-state index is 5.97. The molecule has 0 aliphatic carbocycles. The van der Waals surface area contributed by atoms with Crippen molar-refractivity contribution in [2.24, 2.45) is 0 Å². The summed E-state index contributed by atoms with van der Waals surface area (Å²) >= 11 is 17.8. The molecule has 0 bridgehead atoms. The topological polar surface area (TPSA) is 54.7 Å². The van der Waals surface area contributed by atoms with Crippen LogP contribution in [0.4, 0.5) is 5.69 Å². The van der Waals surface area contributed by atoms with Gasteiger partial charge in [-0.15, -0.1) is 0 Å². The molecule has 0 amide bonds. The Labute approximate surface area is 124 Å². The first-order valence-corrected chi connectivity index (χ1v) is 6.58. The molecule has 0 saturated heterocycles. The van der Waals surface area contributed by atoms with E-state index in [0.717, 1.165) is 16.6 Å². The summed E-state index contributed by atoms with van der Waals surface area (Å²) in [5, 5.41) is 1.54. The normalized spacial score (nSPS) is 11.1. The highest BCUT2D eigenvalue weighted by molar-refractivity contribution is 6.42. The SMILES string of the molecule is Nc1cc(Cl)ccc1-c1nc2cc(Cl)c(Cl)cc2[nH]1. The Bertz CT molecular complexity index is 741. The summed E-state index contributed by atoms with van der Waals surface area (Å²) in [6, 6.07) is 8.72. The first-order chi connectivity index (χ1) is 9.04. The van der Waals surface area contributed by atoms with Gasteiger partial charge in [-0.3, -0.25) is 0 Å². The Kier molecular flexibility index (Phi) is 3.05. The van der Waals surface area contributed by atoms with Gasteiger partial charge in [0.25, 0.3) is 0 Å². The summed E-state index contributed by atoms with van der Waals surface area (Å²) in [6.45, 7) is 0. The Hall–Kier alpha value is -1.42. The molecular weight excluding hydrogens is 305 g/mol. The van der Waals surface area contributed by atoms with Gasteiger partial charge in [-0.1, -0.05) is 34.8 Å². The summed E-state index contributed by atoms with van der Waals surface area (Å²) < 4.78 is 0. The smallest absolute Gasteiger partial charge is 0.140 e. The number of nitrogens with zero attached hydrogens (tertiary/aromatic N) is 1. The minimum Gasteiger partial charge on any atom is -0.398 e. The Morgan fingerprint density at radius 3 is 2.47 bits per heavy atom. The van der Waals surface area contributed by atoms with Gasteiger partial charge in [0.15, 0.2) is 0 Å². The first-order valence-electron chi connectivity index (χ1n) is 5.45. The molecule has 3 nitrogen and oxygen atoms in total. The fourth-order valence-corrected chi connectivity index (χ4v) is 2.38. The van der Waals surface area contributed by atoms with Gasteiger partial charge in [-0.2, -0.15) is 0 Å². The standard InChI is InChI=1S/C13H8Cl3N3/c14-6-1-2-7(10(17)3-6)13-18-11-4-8(15)9(16)5-12(11)19-13/h1-5H,17H2,(H,18,19). The highest BCUT2D eigenvalue weighted by Gasteiger charge is 2.10. The van der Waals surface area contributed by atoms with Crippen molar-refractivity contribution in [3.05, 3.63) is 45.4 Å². The van der Waals surface area contributed by atoms with Gasteiger partial charge in [0.1, 0.15) is 5.82 Å². The number of aromatic nitrogens is 2. The zero-order chi connectivity index (χ0) is 13.6. The predicted octanol–water partition coefficient (Wildman–Crippen LogP) is 4.77. The highest BCUT2D eigenvalue weighted by Crippen LogP contribution is 2.31. The fraction of sp³-hybridized carbons (Fsp3) is 0. The molecule has 1 aromatic heterocycles. The summed E-state index contributed by atoms with van der Waals surface area (Å²) in [7, 11) is 0. The van der Waals surface area contributed by atoms with E-state index in [1.807, 2.05) is 6.07 Å². The van der Waals surface area contributed by atoms with Crippen LogP contribution in [-0.2, 0) is 0 Å². The van der Waals surface area contributed by atoms with Crippen molar-refractivity contribution < 1.29 is 0 Å². The number of nitrogens with two attached hydrogens (primary N) is 1. The lowest BCUT2D eigenvalue weighted by Gasteiger charge is -2.02. The van der Waals surface area contributed by atoms with E-state index in [-0.39, 0.29) is 0 Å². The van der Waals surface area contributed by atoms with Crippen LogP contribution < -0.4 is 5.73 Å². The van der Waals surface area contributed by atoms with Crippen LogP contribution in [-0.4, -0.2) is 9.97 Å². The van der Waals surface area contributed by atoms with Crippen LogP contribution in [0.15, 0.2) is 30.3 Å². The second kappa shape index (κ2) is 4.60. The third-order valence-electron chi connectivity index (χ3n) is 2.79. The number of hydrogen-bond donors (Lipinski definition) is 2. The van der Waals surface area contributed by atoms with E-state index in [1.165, 1.54) is 0 Å². The maximum Gasteiger partial charge on any atom is 0.140 e. The number of hydrogen-bond acceptors (Lipinski definition) is 2. The van der Waals surface area contributed by atoms with Crippen LogP contribution in [0.2, 0.25) is 15.1 Å². The van der Waals surface area contributed by atoms with Gasteiger partial charge in [0, 0.05) is 16.3 Å². The molecule has 0 aliphatic rings. The van der Waals surface area contributed by atoms with E-state index in [4.69, 9.17) is 40.5 Å². The average Bonchev–Trinajstić information content (AvgIpc) is 2.72. The average molecular weight is 313 g/mol. The fourth-order valence-electron chi connectivity index (χ4n) is 1.88. The van der Waals surface area contributed by atoms with Crippen molar-refractivity contribution in [3.63, 3.8) is 0 Å². The summed E-state index contributed by atoms with van der Waals surface area (Å²) in [6.07, 6.45) is 0. The lowest BCUT2D eigenvalue weighted by atomic mass is 10.2. The number of aromatic amines is 1. The summed E-state index contributed by atoms with van der Waals surface area (Å²) in [5.74, 6) is 0.655.